The highest BCUT2D eigenvalue weighted by Gasteiger charge is 2.24. The molecule has 0 fully saturated rings. The van der Waals surface area contributed by atoms with E-state index < -0.39 is 12.1 Å². The summed E-state index contributed by atoms with van der Waals surface area (Å²) in [6, 6.07) is 14.5. The van der Waals surface area contributed by atoms with E-state index in [0.29, 0.717) is 22.1 Å². The Morgan fingerprint density at radius 3 is 2.67 bits per heavy atom. The molecule has 1 atom stereocenters. The molecular formula is C20H15ClN2O4. The Balaban J connectivity index is 1.55. The molecule has 0 aliphatic rings. The molecule has 7 heteroatoms. The highest BCUT2D eigenvalue weighted by molar-refractivity contribution is 6.31. The predicted molar refractivity (Wildman–Crippen MR) is 99.5 cm³/mol. The maximum absolute atomic E-state index is 12.5. The Labute approximate surface area is 159 Å². The van der Waals surface area contributed by atoms with Crippen LogP contribution in [0.2, 0.25) is 5.02 Å². The van der Waals surface area contributed by atoms with Crippen LogP contribution >= 0.6 is 11.6 Å². The van der Waals surface area contributed by atoms with E-state index >= 15 is 0 Å². The molecule has 2 heterocycles. The lowest BCUT2D eigenvalue weighted by Crippen LogP contribution is -2.09. The lowest BCUT2D eigenvalue weighted by Gasteiger charge is -2.08. The second kappa shape index (κ2) is 6.89. The molecule has 136 valence electrons. The number of aryl methyl sites for hydroxylation is 1. The summed E-state index contributed by atoms with van der Waals surface area (Å²) in [5.41, 5.74) is 2.03. The van der Waals surface area contributed by atoms with E-state index in [1.165, 1.54) is 0 Å². The zero-order valence-corrected chi connectivity index (χ0v) is 15.4. The molecule has 0 amide bonds. The molecule has 0 saturated carbocycles. The molecule has 0 radical (unpaired) electrons. The number of fused-ring (bicyclic) bond motifs is 1. The number of rotatable bonds is 4. The van der Waals surface area contributed by atoms with Gasteiger partial charge in [0.1, 0.15) is 5.58 Å². The van der Waals surface area contributed by atoms with Crippen LogP contribution in [0.5, 0.6) is 0 Å². The molecule has 0 bridgehead atoms. The molecule has 4 aromatic rings. The number of esters is 1. The van der Waals surface area contributed by atoms with Gasteiger partial charge in [-0.2, -0.15) is 0 Å². The Hall–Kier alpha value is -3.12. The lowest BCUT2D eigenvalue weighted by atomic mass is 10.1. The number of benzene rings is 2. The Bertz CT molecular complexity index is 1120. The Morgan fingerprint density at radius 2 is 1.89 bits per heavy atom. The van der Waals surface area contributed by atoms with Gasteiger partial charge in [0, 0.05) is 21.5 Å². The lowest BCUT2D eigenvalue weighted by molar-refractivity contribution is 0.0245. The number of carbonyl (C=O) groups is 1. The van der Waals surface area contributed by atoms with Crippen LogP contribution < -0.4 is 0 Å². The normalized spacial score (nSPS) is 12.3. The van der Waals surface area contributed by atoms with Gasteiger partial charge in [-0.1, -0.05) is 29.8 Å². The van der Waals surface area contributed by atoms with Crippen LogP contribution in [-0.2, 0) is 4.74 Å². The van der Waals surface area contributed by atoms with Gasteiger partial charge in [-0.05, 0) is 44.2 Å². The van der Waals surface area contributed by atoms with Crippen molar-refractivity contribution in [2.75, 3.05) is 0 Å². The van der Waals surface area contributed by atoms with Crippen LogP contribution in [0.1, 0.15) is 35.0 Å². The number of nitrogens with zero attached hydrogens (tertiary/aromatic N) is 2. The average Bonchev–Trinajstić information content (AvgIpc) is 3.28. The van der Waals surface area contributed by atoms with E-state index in [9.17, 15) is 4.79 Å². The van der Waals surface area contributed by atoms with Gasteiger partial charge >= 0.3 is 5.97 Å². The number of furan rings is 1. The molecule has 6 nitrogen and oxygen atoms in total. The molecule has 0 spiro atoms. The third kappa shape index (κ3) is 3.31. The first kappa shape index (κ1) is 17.3. The maximum atomic E-state index is 12.5. The quantitative estimate of drug-likeness (QED) is 0.442. The van der Waals surface area contributed by atoms with Gasteiger partial charge in [0.2, 0.25) is 11.7 Å². The number of aromatic nitrogens is 2. The van der Waals surface area contributed by atoms with Crippen LogP contribution in [0.15, 0.2) is 57.4 Å². The van der Waals surface area contributed by atoms with Crippen molar-refractivity contribution in [3.05, 3.63) is 70.8 Å². The fourth-order valence-electron chi connectivity index (χ4n) is 2.75. The summed E-state index contributed by atoms with van der Waals surface area (Å²) in [7, 11) is 0. The second-order valence-corrected chi connectivity index (χ2v) is 6.49. The Morgan fingerprint density at radius 1 is 1.11 bits per heavy atom. The number of hydrogen-bond acceptors (Lipinski definition) is 6. The minimum Gasteiger partial charge on any atom is -0.449 e. The number of hydrogen-bond donors (Lipinski definition) is 0. The zero-order valence-electron chi connectivity index (χ0n) is 14.6. The smallest absolute Gasteiger partial charge is 0.375 e. The number of ether oxygens (including phenoxy) is 1. The van der Waals surface area contributed by atoms with Crippen LogP contribution in [0.3, 0.4) is 0 Å². The molecule has 0 unspecified atom stereocenters. The van der Waals surface area contributed by atoms with Crippen molar-refractivity contribution in [1.29, 1.82) is 0 Å². The highest BCUT2D eigenvalue weighted by atomic mass is 35.5. The minimum absolute atomic E-state index is 0.127. The van der Waals surface area contributed by atoms with E-state index in [-0.39, 0.29) is 11.7 Å². The Kier molecular flexibility index (Phi) is 4.41. The van der Waals surface area contributed by atoms with Crippen molar-refractivity contribution in [3.8, 4) is 11.5 Å². The fourth-order valence-corrected chi connectivity index (χ4v) is 2.92. The standard InChI is InChI=1S/C20H15ClN2O4/c1-11-15-10-14(21)8-9-16(15)26-17(11)20(24)25-12(2)18-22-23-19(27-18)13-6-4-3-5-7-13/h3-10,12H,1-2H3/t12-/m1/s1. The topological polar surface area (TPSA) is 78.4 Å². The summed E-state index contributed by atoms with van der Waals surface area (Å²) in [5, 5.41) is 9.32. The molecule has 27 heavy (non-hydrogen) atoms. The van der Waals surface area contributed by atoms with Crippen molar-refractivity contribution in [2.45, 2.75) is 20.0 Å². The van der Waals surface area contributed by atoms with Crippen molar-refractivity contribution >= 4 is 28.5 Å². The van der Waals surface area contributed by atoms with Crippen LogP contribution in [-0.4, -0.2) is 16.2 Å². The first-order valence-electron chi connectivity index (χ1n) is 8.31. The van der Waals surface area contributed by atoms with Crippen molar-refractivity contribution in [3.63, 3.8) is 0 Å². The number of carbonyl (C=O) groups excluding carboxylic acids is 1. The SMILES string of the molecule is Cc1c(C(=O)O[C@H](C)c2nnc(-c3ccccc3)o2)oc2ccc(Cl)cc12. The van der Waals surface area contributed by atoms with Gasteiger partial charge in [0.05, 0.1) is 0 Å². The summed E-state index contributed by atoms with van der Waals surface area (Å²) >= 11 is 6.01. The molecule has 0 saturated heterocycles. The molecule has 0 aliphatic heterocycles. The highest BCUT2D eigenvalue weighted by Crippen LogP contribution is 2.30. The van der Waals surface area contributed by atoms with E-state index in [1.54, 1.807) is 32.0 Å². The molecular weight excluding hydrogens is 368 g/mol. The molecule has 0 N–H and O–H groups in total. The van der Waals surface area contributed by atoms with E-state index in [4.69, 9.17) is 25.2 Å². The first-order chi connectivity index (χ1) is 13.0. The first-order valence-corrected chi connectivity index (χ1v) is 8.69. The summed E-state index contributed by atoms with van der Waals surface area (Å²) < 4.78 is 16.7. The van der Waals surface area contributed by atoms with Gasteiger partial charge < -0.3 is 13.6 Å². The van der Waals surface area contributed by atoms with Gasteiger partial charge in [-0.15, -0.1) is 10.2 Å². The number of halogens is 1. The second-order valence-electron chi connectivity index (χ2n) is 6.06. The van der Waals surface area contributed by atoms with Crippen LogP contribution in [0, 0.1) is 6.92 Å². The van der Waals surface area contributed by atoms with E-state index in [2.05, 4.69) is 10.2 Å². The van der Waals surface area contributed by atoms with Crippen molar-refractivity contribution in [1.82, 2.24) is 10.2 Å². The van der Waals surface area contributed by atoms with Crippen LogP contribution in [0.4, 0.5) is 0 Å². The molecule has 0 aliphatic carbocycles. The average molecular weight is 383 g/mol. The summed E-state index contributed by atoms with van der Waals surface area (Å²) in [5.74, 6) is 0.0933. The summed E-state index contributed by atoms with van der Waals surface area (Å²) in [4.78, 5) is 12.5. The predicted octanol–water partition coefficient (Wildman–Crippen LogP) is 5.36. The third-order valence-corrected chi connectivity index (χ3v) is 4.41. The van der Waals surface area contributed by atoms with Crippen molar-refractivity contribution in [2.24, 2.45) is 0 Å². The van der Waals surface area contributed by atoms with Crippen LogP contribution in [0.25, 0.3) is 22.4 Å². The summed E-state index contributed by atoms with van der Waals surface area (Å²) in [6.07, 6.45) is -0.723. The zero-order chi connectivity index (χ0) is 19.0. The molecule has 2 aromatic heterocycles. The van der Waals surface area contributed by atoms with E-state index in [1.807, 2.05) is 30.3 Å². The summed E-state index contributed by atoms with van der Waals surface area (Å²) in [6.45, 7) is 3.44. The third-order valence-electron chi connectivity index (χ3n) is 4.18. The fraction of sp³-hybridized carbons (Fsp3) is 0.150. The van der Waals surface area contributed by atoms with Gasteiger partial charge in [0.15, 0.2) is 6.10 Å². The van der Waals surface area contributed by atoms with E-state index in [0.717, 1.165) is 10.9 Å². The minimum atomic E-state index is -0.723. The van der Waals surface area contributed by atoms with Gasteiger partial charge in [0.25, 0.3) is 5.89 Å². The van der Waals surface area contributed by atoms with Gasteiger partial charge in [-0.25, -0.2) is 4.79 Å². The van der Waals surface area contributed by atoms with Crippen molar-refractivity contribution < 1.29 is 18.4 Å². The monoisotopic (exact) mass is 382 g/mol. The largest absolute Gasteiger partial charge is 0.449 e. The van der Waals surface area contributed by atoms with Gasteiger partial charge in [-0.3, -0.25) is 0 Å². The molecule has 2 aromatic carbocycles. The maximum Gasteiger partial charge on any atom is 0.375 e. The molecule has 4 rings (SSSR count).